The highest BCUT2D eigenvalue weighted by Crippen LogP contribution is 2.52. The second-order valence-corrected chi connectivity index (χ2v) is 10.6. The summed E-state index contributed by atoms with van der Waals surface area (Å²) in [6.07, 6.45) is 0.932. The van der Waals surface area contributed by atoms with Crippen molar-refractivity contribution in [2.75, 3.05) is 0 Å². The average Bonchev–Trinajstić information content (AvgIpc) is 3.38. The van der Waals surface area contributed by atoms with Gasteiger partial charge < -0.3 is 9.47 Å². The maximum absolute atomic E-state index is 5.50. The molecule has 2 nitrogen and oxygen atoms in total. The first-order valence-corrected chi connectivity index (χ1v) is 10.8. The minimum atomic E-state index is -0.175. The van der Waals surface area contributed by atoms with Gasteiger partial charge in [-0.1, -0.05) is 47.8 Å². The maximum Gasteiger partial charge on any atom is 0.152 e. The zero-order valence-electron chi connectivity index (χ0n) is 14.0. The van der Waals surface area contributed by atoms with Crippen LogP contribution >= 0.6 is 48.8 Å². The summed E-state index contributed by atoms with van der Waals surface area (Å²) in [6.45, 7) is 4.15. The van der Waals surface area contributed by atoms with E-state index in [-0.39, 0.29) is 20.7 Å². The Hall–Kier alpha value is -0.240. The van der Waals surface area contributed by atoms with Gasteiger partial charge in [0.25, 0.3) is 0 Å². The lowest BCUT2D eigenvalue weighted by molar-refractivity contribution is 0.394. The molecule has 25 heavy (non-hydrogen) atoms. The molecule has 2 saturated heterocycles. The number of rotatable bonds is 6. The molecule has 0 spiro atoms. The van der Waals surface area contributed by atoms with Crippen LogP contribution in [0, 0.1) is 0 Å². The van der Waals surface area contributed by atoms with Crippen LogP contribution in [0.2, 0.25) is 0 Å². The molecule has 2 aliphatic heterocycles. The molecule has 0 aliphatic carbocycles. The van der Waals surface area contributed by atoms with Crippen LogP contribution in [-0.4, -0.2) is 20.7 Å². The Labute approximate surface area is 168 Å². The molecule has 2 fully saturated rings. The van der Waals surface area contributed by atoms with Crippen molar-refractivity contribution in [3.05, 3.63) is 59.7 Å². The molecule has 132 valence electrons. The predicted molar refractivity (Wildman–Crippen MR) is 112 cm³/mol. The van der Waals surface area contributed by atoms with Crippen molar-refractivity contribution in [2.45, 2.75) is 50.8 Å². The molecular formula is C19H20O2S4. The number of hydrogen-bond acceptors (Lipinski definition) is 6. The van der Waals surface area contributed by atoms with Gasteiger partial charge in [-0.15, -0.1) is 25.3 Å². The smallest absolute Gasteiger partial charge is 0.152 e. The Bertz CT molecular complexity index is 698. The number of benzene rings is 2. The first-order chi connectivity index (χ1) is 11.9. The highest BCUT2D eigenvalue weighted by Gasteiger charge is 2.51. The molecular weight excluding hydrogens is 388 g/mol. The summed E-state index contributed by atoms with van der Waals surface area (Å²) in [4.78, 5) is 2.08. The second kappa shape index (κ2) is 6.73. The van der Waals surface area contributed by atoms with Crippen LogP contribution in [0.3, 0.4) is 0 Å². The van der Waals surface area contributed by atoms with Crippen LogP contribution in [0.4, 0.5) is 0 Å². The van der Waals surface area contributed by atoms with Gasteiger partial charge in [0.1, 0.15) is 10.9 Å². The normalized spacial score (nSPS) is 33.3. The molecule has 2 aliphatic rings. The Morgan fingerprint density at radius 1 is 0.760 bits per heavy atom. The number of thiol groups is 2. The first kappa shape index (κ1) is 18.1. The number of thioether (sulfide) groups is 2. The SMILES string of the molecule is CC1(Sc2ccc(Cc3ccc(SC4(C)OC4S)cc3)cc2)OC1S. The largest absolute Gasteiger partial charge is 0.343 e. The van der Waals surface area contributed by atoms with Gasteiger partial charge in [0.15, 0.2) is 9.87 Å². The summed E-state index contributed by atoms with van der Waals surface area (Å²) in [6, 6.07) is 17.4. The lowest BCUT2D eigenvalue weighted by atomic mass is 10.1. The van der Waals surface area contributed by atoms with Crippen molar-refractivity contribution in [2.24, 2.45) is 0 Å². The fourth-order valence-electron chi connectivity index (χ4n) is 2.58. The summed E-state index contributed by atoms with van der Waals surface area (Å²) in [7, 11) is 0. The van der Waals surface area contributed by atoms with Crippen molar-refractivity contribution < 1.29 is 9.47 Å². The van der Waals surface area contributed by atoms with E-state index in [9.17, 15) is 0 Å². The van der Waals surface area contributed by atoms with Gasteiger partial charge in [-0.3, -0.25) is 0 Å². The van der Waals surface area contributed by atoms with Crippen LogP contribution in [-0.2, 0) is 15.9 Å². The van der Waals surface area contributed by atoms with Crippen LogP contribution < -0.4 is 0 Å². The van der Waals surface area contributed by atoms with Crippen molar-refractivity contribution in [3.63, 3.8) is 0 Å². The number of epoxide rings is 2. The Kier molecular flexibility index (Phi) is 4.88. The lowest BCUT2D eigenvalue weighted by Gasteiger charge is -2.08. The Morgan fingerprint density at radius 2 is 1.08 bits per heavy atom. The molecule has 2 heterocycles. The minimum Gasteiger partial charge on any atom is -0.343 e. The van der Waals surface area contributed by atoms with Gasteiger partial charge in [-0.05, 0) is 55.7 Å². The number of hydrogen-bond donors (Lipinski definition) is 2. The summed E-state index contributed by atoms with van der Waals surface area (Å²) in [5, 5.41) is 0. The third kappa shape index (κ3) is 4.20. The maximum atomic E-state index is 5.50. The molecule has 0 amide bonds. The van der Waals surface area contributed by atoms with E-state index >= 15 is 0 Å². The van der Waals surface area contributed by atoms with E-state index in [2.05, 4.69) is 87.6 Å². The van der Waals surface area contributed by atoms with Gasteiger partial charge in [0, 0.05) is 9.79 Å². The molecule has 4 atom stereocenters. The Morgan fingerprint density at radius 3 is 1.36 bits per heavy atom. The number of ether oxygens (including phenoxy) is 2. The van der Waals surface area contributed by atoms with Crippen LogP contribution in [0.5, 0.6) is 0 Å². The zero-order chi connectivity index (χ0) is 17.7. The van der Waals surface area contributed by atoms with E-state index in [0.29, 0.717) is 0 Å². The van der Waals surface area contributed by atoms with Gasteiger partial charge in [-0.2, -0.15) is 0 Å². The van der Waals surface area contributed by atoms with E-state index in [4.69, 9.17) is 9.47 Å². The average molecular weight is 409 g/mol. The van der Waals surface area contributed by atoms with Gasteiger partial charge in [-0.25, -0.2) is 0 Å². The molecule has 0 saturated carbocycles. The summed E-state index contributed by atoms with van der Waals surface area (Å²) in [5.74, 6) is 0. The molecule has 0 bridgehead atoms. The third-order valence-electron chi connectivity index (χ3n) is 4.37. The summed E-state index contributed by atoms with van der Waals surface area (Å²) in [5.41, 5.74) is 2.69. The predicted octanol–water partition coefficient (Wildman–Crippen LogP) is 5.47. The van der Waals surface area contributed by atoms with E-state index in [0.717, 1.165) is 6.42 Å². The molecule has 0 aromatic heterocycles. The second-order valence-electron chi connectivity index (χ2n) is 6.64. The highest BCUT2D eigenvalue weighted by molar-refractivity contribution is 8.02. The van der Waals surface area contributed by atoms with E-state index < -0.39 is 0 Å². The van der Waals surface area contributed by atoms with E-state index in [1.54, 1.807) is 23.5 Å². The minimum absolute atomic E-state index is 0.0368. The lowest BCUT2D eigenvalue weighted by Crippen LogP contribution is -1.99. The topological polar surface area (TPSA) is 25.1 Å². The molecule has 0 N–H and O–H groups in total. The van der Waals surface area contributed by atoms with Crippen molar-refractivity contribution in [3.8, 4) is 0 Å². The van der Waals surface area contributed by atoms with Crippen LogP contribution in [0.25, 0.3) is 0 Å². The fraction of sp³-hybridized carbons (Fsp3) is 0.368. The molecule has 4 unspecified atom stereocenters. The highest BCUT2D eigenvalue weighted by atomic mass is 32.2. The third-order valence-corrected chi connectivity index (χ3v) is 8.36. The fourth-order valence-corrected chi connectivity index (χ4v) is 5.45. The van der Waals surface area contributed by atoms with Crippen LogP contribution in [0.1, 0.15) is 25.0 Å². The van der Waals surface area contributed by atoms with Crippen molar-refractivity contribution >= 4 is 48.8 Å². The molecule has 4 rings (SSSR count). The van der Waals surface area contributed by atoms with E-state index in [1.165, 1.54) is 20.9 Å². The van der Waals surface area contributed by atoms with Gasteiger partial charge in [0.05, 0.1) is 0 Å². The molecule has 2 aromatic rings. The van der Waals surface area contributed by atoms with E-state index in [1.807, 2.05) is 0 Å². The zero-order valence-corrected chi connectivity index (χ0v) is 17.4. The van der Waals surface area contributed by atoms with Gasteiger partial charge in [0.2, 0.25) is 0 Å². The Balaban J connectivity index is 1.35. The van der Waals surface area contributed by atoms with Crippen LogP contribution in [0.15, 0.2) is 58.3 Å². The quantitative estimate of drug-likeness (QED) is 0.489. The van der Waals surface area contributed by atoms with Crippen molar-refractivity contribution in [1.29, 1.82) is 0 Å². The first-order valence-electron chi connectivity index (χ1n) is 8.14. The van der Waals surface area contributed by atoms with Gasteiger partial charge >= 0.3 is 0 Å². The molecule has 6 heteroatoms. The summed E-state index contributed by atoms with van der Waals surface area (Å²) >= 11 is 12.2. The molecule has 0 radical (unpaired) electrons. The molecule has 2 aromatic carbocycles. The monoisotopic (exact) mass is 408 g/mol. The summed E-state index contributed by atoms with van der Waals surface area (Å²) < 4.78 is 11.0. The van der Waals surface area contributed by atoms with Crippen molar-refractivity contribution in [1.82, 2.24) is 0 Å². The standard InChI is InChI=1S/C19H20O2S4/c1-18(16(22)20-18)24-14-7-3-12(4-8-14)11-13-5-9-15(10-6-13)25-19(2)17(23)21-19/h3-10,16-17,22-23H,11H2,1-2H3.